The summed E-state index contributed by atoms with van der Waals surface area (Å²) in [5.74, 6) is -0.233. The third kappa shape index (κ3) is 2.22. The highest BCUT2D eigenvalue weighted by Crippen LogP contribution is 2.20. The van der Waals surface area contributed by atoms with Gasteiger partial charge in [-0.15, -0.1) is 0 Å². The van der Waals surface area contributed by atoms with Gasteiger partial charge in [-0.1, -0.05) is 12.1 Å². The lowest BCUT2D eigenvalue weighted by atomic mass is 10.1. The Morgan fingerprint density at radius 3 is 2.41 bits per heavy atom. The van der Waals surface area contributed by atoms with Gasteiger partial charge in [-0.3, -0.25) is 0 Å². The number of hydrogen-bond acceptors (Lipinski definition) is 2. The van der Waals surface area contributed by atoms with Crippen LogP contribution in [0.2, 0.25) is 0 Å². The second-order valence-electron chi connectivity index (χ2n) is 4.13. The van der Waals surface area contributed by atoms with Crippen molar-refractivity contribution in [1.29, 1.82) is 0 Å². The highest BCUT2D eigenvalue weighted by Gasteiger charge is 2.14. The van der Waals surface area contributed by atoms with Crippen molar-refractivity contribution >= 4 is 0 Å². The third-order valence-corrected chi connectivity index (χ3v) is 3.10. The molecule has 17 heavy (non-hydrogen) atoms. The van der Waals surface area contributed by atoms with E-state index in [1.54, 1.807) is 18.5 Å². The maximum Gasteiger partial charge on any atom is 0.123 e. The molecule has 1 atom stereocenters. The van der Waals surface area contributed by atoms with E-state index >= 15 is 0 Å². The molecule has 0 amide bonds. The van der Waals surface area contributed by atoms with Gasteiger partial charge in [0.05, 0.1) is 18.1 Å². The Labute approximate surface area is 100 Å². The van der Waals surface area contributed by atoms with Crippen molar-refractivity contribution in [3.05, 3.63) is 53.4 Å². The van der Waals surface area contributed by atoms with Crippen LogP contribution in [0.4, 0.5) is 4.39 Å². The zero-order valence-electron chi connectivity index (χ0n) is 10.0. The minimum absolute atomic E-state index is 0.0109. The van der Waals surface area contributed by atoms with E-state index in [0.717, 1.165) is 17.0 Å². The molecule has 1 heterocycles. The van der Waals surface area contributed by atoms with Crippen molar-refractivity contribution < 1.29 is 4.39 Å². The van der Waals surface area contributed by atoms with Gasteiger partial charge in [-0.05, 0) is 31.5 Å². The molecule has 0 aliphatic carbocycles. The lowest BCUT2D eigenvalue weighted by Gasteiger charge is -2.18. The molecule has 2 rings (SSSR count). The SMILES string of the molecule is Cc1ncn(C(CN)c2ccc(F)cc2)c1C. The van der Waals surface area contributed by atoms with Crippen LogP contribution in [0.3, 0.4) is 0 Å². The van der Waals surface area contributed by atoms with Crippen molar-refractivity contribution in [2.45, 2.75) is 19.9 Å². The summed E-state index contributed by atoms with van der Waals surface area (Å²) in [6.07, 6.45) is 1.78. The van der Waals surface area contributed by atoms with Crippen LogP contribution in [0, 0.1) is 19.7 Å². The summed E-state index contributed by atoms with van der Waals surface area (Å²) < 4.78 is 14.9. The number of benzene rings is 1. The fraction of sp³-hybridized carbons (Fsp3) is 0.308. The first-order valence-electron chi connectivity index (χ1n) is 5.59. The van der Waals surface area contributed by atoms with Gasteiger partial charge in [0, 0.05) is 12.2 Å². The topological polar surface area (TPSA) is 43.8 Å². The highest BCUT2D eigenvalue weighted by atomic mass is 19.1. The first kappa shape index (κ1) is 11.8. The number of rotatable bonds is 3. The molecule has 0 aliphatic heterocycles. The molecule has 0 radical (unpaired) electrons. The molecule has 90 valence electrons. The summed E-state index contributed by atoms with van der Waals surface area (Å²) in [5.41, 5.74) is 8.88. The van der Waals surface area contributed by atoms with Gasteiger partial charge >= 0.3 is 0 Å². The number of nitrogens with two attached hydrogens (primary N) is 1. The van der Waals surface area contributed by atoms with E-state index in [9.17, 15) is 4.39 Å². The Balaban J connectivity index is 2.40. The normalized spacial score (nSPS) is 12.7. The summed E-state index contributed by atoms with van der Waals surface area (Å²) in [4.78, 5) is 4.26. The Morgan fingerprint density at radius 2 is 1.94 bits per heavy atom. The summed E-state index contributed by atoms with van der Waals surface area (Å²) in [7, 11) is 0. The molecule has 1 aromatic carbocycles. The fourth-order valence-corrected chi connectivity index (χ4v) is 1.93. The van der Waals surface area contributed by atoms with Crippen LogP contribution < -0.4 is 5.73 Å². The summed E-state index contributed by atoms with van der Waals surface area (Å²) in [6.45, 7) is 4.43. The Morgan fingerprint density at radius 1 is 1.29 bits per heavy atom. The van der Waals surface area contributed by atoms with Gasteiger partial charge in [0.15, 0.2) is 0 Å². The minimum atomic E-state index is -0.233. The van der Waals surface area contributed by atoms with Crippen LogP contribution >= 0.6 is 0 Å². The monoisotopic (exact) mass is 233 g/mol. The van der Waals surface area contributed by atoms with Gasteiger partial charge in [-0.2, -0.15) is 0 Å². The Hall–Kier alpha value is -1.68. The third-order valence-electron chi connectivity index (χ3n) is 3.10. The molecule has 0 bridgehead atoms. The predicted octanol–water partition coefficient (Wildman–Crippen LogP) is 2.19. The van der Waals surface area contributed by atoms with Crippen LogP contribution in [-0.4, -0.2) is 16.1 Å². The number of halogens is 1. The van der Waals surface area contributed by atoms with Crippen LogP contribution in [-0.2, 0) is 0 Å². The molecular formula is C13H16FN3. The van der Waals surface area contributed by atoms with Crippen LogP contribution in [0.25, 0.3) is 0 Å². The largest absolute Gasteiger partial charge is 0.328 e. The Bertz CT molecular complexity index is 502. The maximum absolute atomic E-state index is 12.9. The van der Waals surface area contributed by atoms with Gasteiger partial charge in [0.2, 0.25) is 0 Å². The molecule has 2 aromatic rings. The molecule has 2 N–H and O–H groups in total. The van der Waals surface area contributed by atoms with Crippen molar-refractivity contribution in [2.24, 2.45) is 5.73 Å². The van der Waals surface area contributed by atoms with Crippen molar-refractivity contribution in [2.75, 3.05) is 6.54 Å². The average Bonchev–Trinajstić information content (AvgIpc) is 2.65. The minimum Gasteiger partial charge on any atom is -0.328 e. The molecule has 1 unspecified atom stereocenters. The predicted molar refractivity (Wildman–Crippen MR) is 65.3 cm³/mol. The van der Waals surface area contributed by atoms with Gasteiger partial charge in [-0.25, -0.2) is 9.37 Å². The van der Waals surface area contributed by atoms with Gasteiger partial charge in [0.1, 0.15) is 5.82 Å². The lowest BCUT2D eigenvalue weighted by Crippen LogP contribution is -2.20. The first-order valence-corrected chi connectivity index (χ1v) is 5.59. The molecule has 4 heteroatoms. The molecule has 0 saturated carbocycles. The van der Waals surface area contributed by atoms with E-state index in [2.05, 4.69) is 4.98 Å². The van der Waals surface area contributed by atoms with Crippen molar-refractivity contribution in [3.8, 4) is 0 Å². The second-order valence-corrected chi connectivity index (χ2v) is 4.13. The smallest absolute Gasteiger partial charge is 0.123 e. The van der Waals surface area contributed by atoms with E-state index in [0.29, 0.717) is 6.54 Å². The number of aryl methyl sites for hydroxylation is 1. The maximum atomic E-state index is 12.9. The van der Waals surface area contributed by atoms with Crippen LogP contribution in [0.5, 0.6) is 0 Å². The quantitative estimate of drug-likeness (QED) is 0.883. The first-order chi connectivity index (χ1) is 8.13. The van der Waals surface area contributed by atoms with Crippen molar-refractivity contribution in [3.63, 3.8) is 0 Å². The standard InChI is InChI=1S/C13H16FN3/c1-9-10(2)17(8-16-9)13(7-15)11-3-5-12(14)6-4-11/h3-6,8,13H,7,15H2,1-2H3. The summed E-state index contributed by atoms with van der Waals surface area (Å²) in [6, 6.07) is 6.45. The summed E-state index contributed by atoms with van der Waals surface area (Å²) >= 11 is 0. The molecule has 0 saturated heterocycles. The average molecular weight is 233 g/mol. The van der Waals surface area contributed by atoms with Crippen molar-refractivity contribution in [1.82, 2.24) is 9.55 Å². The molecule has 0 fully saturated rings. The Kier molecular flexibility index (Phi) is 3.24. The van der Waals surface area contributed by atoms with E-state index in [4.69, 9.17) is 5.73 Å². The fourth-order valence-electron chi connectivity index (χ4n) is 1.93. The van der Waals surface area contributed by atoms with Gasteiger partial charge in [0.25, 0.3) is 0 Å². The van der Waals surface area contributed by atoms with E-state index in [-0.39, 0.29) is 11.9 Å². The van der Waals surface area contributed by atoms with Gasteiger partial charge < -0.3 is 10.3 Å². The zero-order chi connectivity index (χ0) is 12.4. The lowest BCUT2D eigenvalue weighted by molar-refractivity contribution is 0.576. The van der Waals surface area contributed by atoms with E-state index < -0.39 is 0 Å². The second kappa shape index (κ2) is 4.67. The summed E-state index contributed by atoms with van der Waals surface area (Å²) in [5, 5.41) is 0. The molecule has 0 spiro atoms. The molecule has 0 aliphatic rings. The van der Waals surface area contributed by atoms with E-state index in [1.807, 2.05) is 18.4 Å². The molecule has 1 aromatic heterocycles. The van der Waals surface area contributed by atoms with Crippen LogP contribution in [0.15, 0.2) is 30.6 Å². The van der Waals surface area contributed by atoms with E-state index in [1.165, 1.54) is 12.1 Å². The number of aromatic nitrogens is 2. The number of imidazole rings is 1. The number of nitrogens with zero attached hydrogens (tertiary/aromatic N) is 2. The highest BCUT2D eigenvalue weighted by molar-refractivity contribution is 5.23. The number of hydrogen-bond donors (Lipinski definition) is 1. The molecule has 3 nitrogen and oxygen atoms in total. The molecular weight excluding hydrogens is 217 g/mol. The zero-order valence-corrected chi connectivity index (χ0v) is 10.0. The van der Waals surface area contributed by atoms with Crippen LogP contribution in [0.1, 0.15) is 23.0 Å².